The zero-order chi connectivity index (χ0) is 10.4. The van der Waals surface area contributed by atoms with Crippen LogP contribution in [0.15, 0.2) is 12.2 Å². The van der Waals surface area contributed by atoms with E-state index in [4.69, 9.17) is 4.74 Å². The minimum absolute atomic E-state index is 0.138. The van der Waals surface area contributed by atoms with E-state index in [-0.39, 0.29) is 5.97 Å². The summed E-state index contributed by atoms with van der Waals surface area (Å²) in [6.07, 6.45) is 5.92. The maximum atomic E-state index is 11.9. The van der Waals surface area contributed by atoms with Crippen molar-refractivity contribution in [3.05, 3.63) is 12.2 Å². The lowest BCUT2D eigenvalue weighted by atomic mass is 9.94. The number of ether oxygens (including phenoxy) is 1. The normalized spacial score (nSPS) is 34.9. The molecule has 1 N–H and O–H groups in total. The first-order chi connectivity index (χ1) is 6.41. The van der Waals surface area contributed by atoms with Gasteiger partial charge in [0.25, 0.3) is 0 Å². The van der Waals surface area contributed by atoms with Crippen LogP contribution in [0.1, 0.15) is 33.6 Å². The van der Waals surface area contributed by atoms with Crippen LogP contribution in [0.5, 0.6) is 0 Å². The molecular weight excluding hydrogens is 178 g/mol. The Hall–Kier alpha value is -0.830. The van der Waals surface area contributed by atoms with Gasteiger partial charge in [-0.3, -0.25) is 5.32 Å². The molecule has 0 aromatic heterocycles. The molecule has 0 saturated carbocycles. The lowest BCUT2D eigenvalue weighted by Gasteiger charge is -2.27. The van der Waals surface area contributed by atoms with Gasteiger partial charge in [0.2, 0.25) is 0 Å². The lowest BCUT2D eigenvalue weighted by Crippen LogP contribution is -2.48. The number of hydrogen-bond acceptors (Lipinski definition) is 3. The molecule has 78 valence electrons. The highest BCUT2D eigenvalue weighted by atomic mass is 16.6. The van der Waals surface area contributed by atoms with Crippen molar-refractivity contribution in [1.29, 1.82) is 0 Å². The number of esters is 1. The van der Waals surface area contributed by atoms with Gasteiger partial charge in [-0.2, -0.15) is 0 Å². The Morgan fingerprint density at radius 3 is 2.64 bits per heavy atom. The molecule has 2 heterocycles. The molecule has 3 nitrogen and oxygen atoms in total. The second-order valence-electron chi connectivity index (χ2n) is 5.12. The molecule has 0 radical (unpaired) electrons. The maximum absolute atomic E-state index is 11.9. The molecule has 2 rings (SSSR count). The monoisotopic (exact) mass is 195 g/mol. The molecule has 0 aromatic carbocycles. The van der Waals surface area contributed by atoms with Crippen molar-refractivity contribution in [2.45, 2.75) is 50.8 Å². The van der Waals surface area contributed by atoms with Crippen LogP contribution in [-0.4, -0.2) is 23.2 Å². The molecule has 0 aliphatic carbocycles. The lowest BCUT2D eigenvalue weighted by molar-refractivity contribution is -0.160. The Morgan fingerprint density at radius 1 is 1.57 bits per heavy atom. The molecule has 0 amide bonds. The van der Waals surface area contributed by atoms with Gasteiger partial charge < -0.3 is 4.74 Å². The Kier molecular flexibility index (Phi) is 1.96. The number of hydrogen-bond donors (Lipinski definition) is 1. The molecule has 1 saturated heterocycles. The number of carbonyl (C=O) groups excluding carboxylic acids is 1. The molecular formula is C11H17NO2. The SMILES string of the molecule is CC(C)(C)OC(=O)C12C=CC(CC1)N2. The fraction of sp³-hybridized carbons (Fsp3) is 0.727. The third-order valence-electron chi connectivity index (χ3n) is 2.67. The van der Waals surface area contributed by atoms with Crippen LogP contribution in [0, 0.1) is 0 Å². The molecule has 3 heteroatoms. The Bertz CT molecular complexity index is 290. The van der Waals surface area contributed by atoms with E-state index in [1.54, 1.807) is 0 Å². The van der Waals surface area contributed by atoms with Crippen molar-refractivity contribution in [1.82, 2.24) is 5.32 Å². The van der Waals surface area contributed by atoms with E-state index >= 15 is 0 Å². The van der Waals surface area contributed by atoms with Crippen LogP contribution in [0.3, 0.4) is 0 Å². The van der Waals surface area contributed by atoms with Gasteiger partial charge in [0.1, 0.15) is 11.1 Å². The van der Waals surface area contributed by atoms with Gasteiger partial charge >= 0.3 is 5.97 Å². The highest BCUT2D eigenvalue weighted by Crippen LogP contribution is 2.33. The topological polar surface area (TPSA) is 38.3 Å². The molecule has 0 aromatic rings. The van der Waals surface area contributed by atoms with E-state index < -0.39 is 11.1 Å². The first-order valence-corrected chi connectivity index (χ1v) is 5.12. The largest absolute Gasteiger partial charge is 0.458 e. The highest BCUT2D eigenvalue weighted by Gasteiger charge is 2.48. The minimum atomic E-state index is -0.516. The highest BCUT2D eigenvalue weighted by molar-refractivity contribution is 5.85. The Morgan fingerprint density at radius 2 is 2.29 bits per heavy atom. The molecule has 1 fully saturated rings. The number of carbonyl (C=O) groups is 1. The van der Waals surface area contributed by atoms with E-state index in [1.807, 2.05) is 26.8 Å². The summed E-state index contributed by atoms with van der Waals surface area (Å²) in [7, 11) is 0. The van der Waals surface area contributed by atoms with Crippen LogP contribution in [0.2, 0.25) is 0 Å². The van der Waals surface area contributed by atoms with Gasteiger partial charge in [0.15, 0.2) is 0 Å². The summed E-state index contributed by atoms with van der Waals surface area (Å²) in [6, 6.07) is 0.377. The molecule has 2 atom stereocenters. The standard InChI is InChI=1S/C11H17NO2/c1-10(2,3)14-9(13)11-6-4-8(12-11)5-7-11/h4,6,8,12H,5,7H2,1-3H3. The molecule has 2 unspecified atom stereocenters. The van der Waals surface area contributed by atoms with Crippen molar-refractivity contribution >= 4 is 5.97 Å². The summed E-state index contributed by atoms with van der Waals surface area (Å²) in [5.41, 5.74) is -0.917. The van der Waals surface area contributed by atoms with Gasteiger partial charge in [-0.05, 0) is 33.6 Å². The van der Waals surface area contributed by atoms with E-state index in [2.05, 4.69) is 11.4 Å². The molecule has 2 bridgehead atoms. The van der Waals surface area contributed by atoms with Crippen molar-refractivity contribution in [2.24, 2.45) is 0 Å². The average molecular weight is 195 g/mol. The number of rotatable bonds is 1. The van der Waals surface area contributed by atoms with Crippen LogP contribution < -0.4 is 5.32 Å². The van der Waals surface area contributed by atoms with E-state index in [1.165, 1.54) is 0 Å². The summed E-state index contributed by atoms with van der Waals surface area (Å²) >= 11 is 0. The maximum Gasteiger partial charge on any atom is 0.330 e. The number of fused-ring (bicyclic) bond motifs is 2. The first-order valence-electron chi connectivity index (χ1n) is 5.12. The van der Waals surface area contributed by atoms with Crippen LogP contribution in [0.25, 0.3) is 0 Å². The molecule has 14 heavy (non-hydrogen) atoms. The minimum Gasteiger partial charge on any atom is -0.458 e. The predicted molar refractivity (Wildman–Crippen MR) is 53.9 cm³/mol. The zero-order valence-corrected chi connectivity index (χ0v) is 8.96. The van der Waals surface area contributed by atoms with Gasteiger partial charge in [0.05, 0.1) is 0 Å². The van der Waals surface area contributed by atoms with Crippen LogP contribution in [0.4, 0.5) is 0 Å². The van der Waals surface area contributed by atoms with Crippen molar-refractivity contribution in [3.8, 4) is 0 Å². The van der Waals surface area contributed by atoms with E-state index in [0.29, 0.717) is 6.04 Å². The summed E-state index contributed by atoms with van der Waals surface area (Å²) < 4.78 is 5.39. The fourth-order valence-electron chi connectivity index (χ4n) is 2.01. The third kappa shape index (κ3) is 1.57. The third-order valence-corrected chi connectivity index (χ3v) is 2.67. The summed E-state index contributed by atoms with van der Waals surface area (Å²) in [6.45, 7) is 5.69. The van der Waals surface area contributed by atoms with E-state index in [9.17, 15) is 4.79 Å². The van der Waals surface area contributed by atoms with Crippen LogP contribution in [-0.2, 0) is 9.53 Å². The second-order valence-corrected chi connectivity index (χ2v) is 5.12. The molecule has 2 aliphatic heterocycles. The molecule has 2 aliphatic rings. The van der Waals surface area contributed by atoms with Crippen molar-refractivity contribution < 1.29 is 9.53 Å². The summed E-state index contributed by atoms with van der Waals surface area (Å²) in [5.74, 6) is -0.138. The first kappa shape index (κ1) is 9.71. The average Bonchev–Trinajstić information content (AvgIpc) is 2.60. The zero-order valence-electron chi connectivity index (χ0n) is 8.96. The van der Waals surface area contributed by atoms with Gasteiger partial charge in [-0.25, -0.2) is 4.79 Å². The van der Waals surface area contributed by atoms with Crippen LogP contribution >= 0.6 is 0 Å². The Balaban J connectivity index is 2.09. The quantitative estimate of drug-likeness (QED) is 0.507. The van der Waals surface area contributed by atoms with Crippen molar-refractivity contribution in [2.75, 3.05) is 0 Å². The number of nitrogens with one attached hydrogen (secondary N) is 1. The smallest absolute Gasteiger partial charge is 0.330 e. The van der Waals surface area contributed by atoms with E-state index in [0.717, 1.165) is 12.8 Å². The summed E-state index contributed by atoms with van der Waals surface area (Å²) in [4.78, 5) is 11.9. The van der Waals surface area contributed by atoms with Gasteiger partial charge in [-0.1, -0.05) is 12.2 Å². The summed E-state index contributed by atoms with van der Waals surface area (Å²) in [5, 5.41) is 3.28. The molecule has 0 spiro atoms. The Labute approximate surface area is 84.5 Å². The van der Waals surface area contributed by atoms with Crippen molar-refractivity contribution in [3.63, 3.8) is 0 Å². The van der Waals surface area contributed by atoms with Gasteiger partial charge in [0, 0.05) is 6.04 Å². The van der Waals surface area contributed by atoms with Gasteiger partial charge in [-0.15, -0.1) is 0 Å². The predicted octanol–water partition coefficient (Wildman–Crippen LogP) is 1.39. The second kappa shape index (κ2) is 2.83. The fourth-order valence-corrected chi connectivity index (χ4v) is 2.01.